The van der Waals surface area contributed by atoms with E-state index >= 15 is 0 Å². The van der Waals surface area contributed by atoms with Crippen molar-refractivity contribution >= 4 is 40.7 Å². The minimum Gasteiger partial charge on any atom is -0.399 e. The Balaban J connectivity index is 2.15. The van der Waals surface area contributed by atoms with Crippen molar-refractivity contribution in [2.24, 2.45) is 0 Å². The molecule has 4 heteroatoms. The first kappa shape index (κ1) is 12.6. The molecular formula is C13H11Cl2NS. The Morgan fingerprint density at radius 3 is 2.18 bits per heavy atom. The maximum atomic E-state index is 6.12. The summed E-state index contributed by atoms with van der Waals surface area (Å²) < 4.78 is 0. The van der Waals surface area contributed by atoms with Crippen LogP contribution in [-0.2, 0) is 5.75 Å². The summed E-state index contributed by atoms with van der Waals surface area (Å²) in [7, 11) is 0. The highest BCUT2D eigenvalue weighted by Gasteiger charge is 2.08. The van der Waals surface area contributed by atoms with Crippen LogP contribution in [0.3, 0.4) is 0 Å². The number of hydrogen-bond acceptors (Lipinski definition) is 2. The van der Waals surface area contributed by atoms with Gasteiger partial charge in [-0.2, -0.15) is 0 Å². The number of benzene rings is 2. The summed E-state index contributed by atoms with van der Waals surface area (Å²) in [6.07, 6.45) is 0. The minimum atomic E-state index is 0.587. The van der Waals surface area contributed by atoms with Crippen molar-refractivity contribution in [2.75, 3.05) is 5.73 Å². The second-order valence-electron chi connectivity index (χ2n) is 3.59. The number of rotatable bonds is 3. The number of anilines is 1. The summed E-state index contributed by atoms with van der Waals surface area (Å²) in [5.41, 5.74) is 7.48. The summed E-state index contributed by atoms with van der Waals surface area (Å²) in [4.78, 5) is 0.881. The molecular weight excluding hydrogens is 273 g/mol. The molecule has 0 aliphatic heterocycles. The molecule has 0 unspecified atom stereocenters. The molecule has 0 fully saturated rings. The van der Waals surface area contributed by atoms with Crippen LogP contribution in [0.4, 0.5) is 5.69 Å². The first-order valence-corrected chi connectivity index (χ1v) is 6.82. The number of halogens is 2. The maximum Gasteiger partial charge on any atom is 0.0577 e. The molecule has 0 aromatic heterocycles. The Morgan fingerprint density at radius 2 is 1.59 bits per heavy atom. The van der Waals surface area contributed by atoms with Crippen LogP contribution >= 0.6 is 35.0 Å². The monoisotopic (exact) mass is 283 g/mol. The van der Waals surface area contributed by atoms with Crippen LogP contribution in [0, 0.1) is 0 Å². The van der Waals surface area contributed by atoms with Gasteiger partial charge in [-0.3, -0.25) is 0 Å². The molecule has 0 radical (unpaired) electrons. The molecule has 1 nitrogen and oxygen atoms in total. The number of thioether (sulfide) groups is 1. The second kappa shape index (κ2) is 5.67. The van der Waals surface area contributed by atoms with Crippen molar-refractivity contribution in [3.05, 3.63) is 58.1 Å². The fourth-order valence-corrected chi connectivity index (χ4v) is 3.18. The number of nitrogens with two attached hydrogens (primary N) is 1. The van der Waals surface area contributed by atoms with Gasteiger partial charge in [-0.1, -0.05) is 53.5 Å². The van der Waals surface area contributed by atoms with Gasteiger partial charge in [0, 0.05) is 16.3 Å². The Hall–Kier alpha value is -0.830. The van der Waals surface area contributed by atoms with Crippen molar-refractivity contribution in [1.29, 1.82) is 0 Å². The largest absolute Gasteiger partial charge is 0.399 e. The van der Waals surface area contributed by atoms with Crippen LogP contribution in [-0.4, -0.2) is 0 Å². The van der Waals surface area contributed by atoms with E-state index in [1.54, 1.807) is 23.9 Å². The van der Waals surface area contributed by atoms with Crippen molar-refractivity contribution in [3.8, 4) is 0 Å². The quantitative estimate of drug-likeness (QED) is 0.643. The zero-order chi connectivity index (χ0) is 12.3. The standard InChI is InChI=1S/C13H11Cl2NS/c14-11-6-10(16)7-12(15)13(11)17-8-9-4-2-1-3-5-9/h1-7H,8,16H2. The van der Waals surface area contributed by atoms with E-state index < -0.39 is 0 Å². The second-order valence-corrected chi connectivity index (χ2v) is 5.39. The van der Waals surface area contributed by atoms with Gasteiger partial charge in [0.05, 0.1) is 10.0 Å². The predicted molar refractivity (Wildman–Crippen MR) is 76.9 cm³/mol. The lowest BCUT2D eigenvalue weighted by molar-refractivity contribution is 1.38. The van der Waals surface area contributed by atoms with Gasteiger partial charge in [0.1, 0.15) is 0 Å². The van der Waals surface area contributed by atoms with E-state index in [1.165, 1.54) is 5.56 Å². The normalized spacial score (nSPS) is 10.5. The van der Waals surface area contributed by atoms with Crippen molar-refractivity contribution in [1.82, 2.24) is 0 Å². The highest BCUT2D eigenvalue weighted by molar-refractivity contribution is 7.98. The van der Waals surface area contributed by atoms with Gasteiger partial charge >= 0.3 is 0 Å². The SMILES string of the molecule is Nc1cc(Cl)c(SCc2ccccc2)c(Cl)c1. The molecule has 0 bridgehead atoms. The van der Waals surface area contributed by atoms with Crippen molar-refractivity contribution in [3.63, 3.8) is 0 Å². The Labute approximate surface area is 115 Å². The number of nitrogen functional groups attached to an aromatic ring is 1. The fraction of sp³-hybridized carbons (Fsp3) is 0.0769. The molecule has 88 valence electrons. The third-order valence-electron chi connectivity index (χ3n) is 2.25. The predicted octanol–water partition coefficient (Wildman–Crippen LogP) is 4.87. The third kappa shape index (κ3) is 3.32. The molecule has 0 saturated heterocycles. The van der Waals surface area contributed by atoms with Gasteiger partial charge in [-0.25, -0.2) is 0 Å². The van der Waals surface area contributed by atoms with E-state index in [2.05, 4.69) is 12.1 Å². The average molecular weight is 284 g/mol. The molecule has 0 spiro atoms. The van der Waals surface area contributed by atoms with Crippen LogP contribution in [0.1, 0.15) is 5.56 Å². The van der Waals surface area contributed by atoms with Gasteiger partial charge in [-0.05, 0) is 17.7 Å². The summed E-state index contributed by atoms with van der Waals surface area (Å²) >= 11 is 13.8. The smallest absolute Gasteiger partial charge is 0.0577 e. The lowest BCUT2D eigenvalue weighted by atomic mass is 10.2. The first-order chi connectivity index (χ1) is 8.16. The lowest BCUT2D eigenvalue weighted by Gasteiger charge is -2.07. The van der Waals surface area contributed by atoms with Gasteiger partial charge in [0.2, 0.25) is 0 Å². The molecule has 2 aromatic rings. The van der Waals surface area contributed by atoms with Crippen LogP contribution < -0.4 is 5.73 Å². The molecule has 0 heterocycles. The van der Waals surface area contributed by atoms with Crippen molar-refractivity contribution in [2.45, 2.75) is 10.6 Å². The zero-order valence-corrected chi connectivity index (χ0v) is 11.3. The maximum absolute atomic E-state index is 6.12. The molecule has 0 amide bonds. The van der Waals surface area contributed by atoms with Gasteiger partial charge in [0.15, 0.2) is 0 Å². The Kier molecular flexibility index (Phi) is 4.21. The lowest BCUT2D eigenvalue weighted by Crippen LogP contribution is -1.87. The molecule has 0 aliphatic carbocycles. The van der Waals surface area contributed by atoms with E-state index in [4.69, 9.17) is 28.9 Å². The average Bonchev–Trinajstić information content (AvgIpc) is 2.29. The summed E-state index contributed by atoms with van der Waals surface area (Å²) in [6.45, 7) is 0. The van der Waals surface area contributed by atoms with E-state index in [1.807, 2.05) is 18.2 Å². The van der Waals surface area contributed by atoms with Crippen molar-refractivity contribution < 1.29 is 0 Å². The molecule has 2 N–H and O–H groups in total. The van der Waals surface area contributed by atoms with E-state index in [0.29, 0.717) is 15.7 Å². The Morgan fingerprint density at radius 1 is 1.00 bits per heavy atom. The first-order valence-electron chi connectivity index (χ1n) is 5.08. The number of hydrogen-bond donors (Lipinski definition) is 1. The molecule has 0 atom stereocenters. The van der Waals surface area contributed by atoms with Crippen LogP contribution in [0.25, 0.3) is 0 Å². The minimum absolute atomic E-state index is 0.587. The summed E-state index contributed by atoms with van der Waals surface area (Å²) in [6, 6.07) is 13.6. The Bertz CT molecular complexity index is 491. The third-order valence-corrected chi connectivity index (χ3v) is 4.27. The molecule has 0 saturated carbocycles. The summed E-state index contributed by atoms with van der Waals surface area (Å²) in [5.74, 6) is 0.837. The van der Waals surface area contributed by atoms with Gasteiger partial charge < -0.3 is 5.73 Å². The van der Waals surface area contributed by atoms with E-state index in [9.17, 15) is 0 Å². The highest BCUT2D eigenvalue weighted by atomic mass is 35.5. The van der Waals surface area contributed by atoms with Gasteiger partial charge in [-0.15, -0.1) is 11.8 Å². The molecule has 2 rings (SSSR count). The van der Waals surface area contributed by atoms with Crippen LogP contribution in [0.2, 0.25) is 10.0 Å². The molecule has 17 heavy (non-hydrogen) atoms. The zero-order valence-electron chi connectivity index (χ0n) is 8.99. The van der Waals surface area contributed by atoms with E-state index in [-0.39, 0.29) is 0 Å². The topological polar surface area (TPSA) is 26.0 Å². The fourth-order valence-electron chi connectivity index (χ4n) is 1.45. The van der Waals surface area contributed by atoms with Gasteiger partial charge in [0.25, 0.3) is 0 Å². The van der Waals surface area contributed by atoms with E-state index in [0.717, 1.165) is 10.6 Å². The highest BCUT2D eigenvalue weighted by Crippen LogP contribution is 2.37. The molecule has 2 aromatic carbocycles. The van der Waals surface area contributed by atoms with Crippen LogP contribution in [0.15, 0.2) is 47.4 Å². The van der Waals surface area contributed by atoms with Crippen LogP contribution in [0.5, 0.6) is 0 Å². The summed E-state index contributed by atoms with van der Waals surface area (Å²) in [5, 5.41) is 1.21. The molecule has 0 aliphatic rings.